The van der Waals surface area contributed by atoms with E-state index in [-0.39, 0.29) is 17.5 Å². The molecular weight excluding hydrogens is 197 g/mol. The van der Waals surface area contributed by atoms with Crippen molar-refractivity contribution in [3.8, 4) is 11.6 Å². The van der Waals surface area contributed by atoms with Crippen molar-refractivity contribution in [3.63, 3.8) is 0 Å². The van der Waals surface area contributed by atoms with Crippen LogP contribution in [-0.2, 0) is 0 Å². The Morgan fingerprint density at radius 2 is 2.13 bits per heavy atom. The Labute approximate surface area is 85.5 Å². The summed E-state index contributed by atoms with van der Waals surface area (Å²) in [6, 6.07) is 5.75. The highest BCUT2D eigenvalue weighted by Gasteiger charge is 2.00. The molecule has 1 aromatic heterocycles. The quantitative estimate of drug-likeness (QED) is 0.814. The van der Waals surface area contributed by atoms with Gasteiger partial charge < -0.3 is 10.5 Å². The van der Waals surface area contributed by atoms with E-state index in [1.165, 1.54) is 24.5 Å². The van der Waals surface area contributed by atoms with Gasteiger partial charge in [-0.2, -0.15) is 4.98 Å². The van der Waals surface area contributed by atoms with E-state index in [2.05, 4.69) is 9.97 Å². The zero-order valence-electron chi connectivity index (χ0n) is 7.72. The van der Waals surface area contributed by atoms with Crippen molar-refractivity contribution in [3.05, 3.63) is 42.5 Å². The van der Waals surface area contributed by atoms with Gasteiger partial charge in [0, 0.05) is 6.07 Å². The smallest absolute Gasteiger partial charge is 0.239 e. The van der Waals surface area contributed by atoms with Crippen LogP contribution in [0, 0.1) is 5.82 Å². The summed E-state index contributed by atoms with van der Waals surface area (Å²) in [5, 5.41) is 0. The summed E-state index contributed by atoms with van der Waals surface area (Å²) in [6.07, 6.45) is 2.81. The van der Waals surface area contributed by atoms with Gasteiger partial charge in [-0.25, -0.2) is 4.39 Å². The number of ether oxygens (including phenoxy) is 1. The van der Waals surface area contributed by atoms with Crippen LogP contribution in [0.1, 0.15) is 0 Å². The van der Waals surface area contributed by atoms with Gasteiger partial charge in [-0.1, -0.05) is 6.07 Å². The van der Waals surface area contributed by atoms with Gasteiger partial charge in [-0.15, -0.1) is 0 Å². The van der Waals surface area contributed by atoms with Crippen LogP contribution in [0.4, 0.5) is 10.2 Å². The first-order chi connectivity index (χ1) is 7.24. The predicted molar refractivity (Wildman–Crippen MR) is 52.9 cm³/mol. The van der Waals surface area contributed by atoms with Gasteiger partial charge in [0.1, 0.15) is 17.4 Å². The molecule has 0 radical (unpaired) electrons. The van der Waals surface area contributed by atoms with Crippen molar-refractivity contribution in [1.29, 1.82) is 0 Å². The number of halogens is 1. The van der Waals surface area contributed by atoms with Crippen molar-refractivity contribution < 1.29 is 9.13 Å². The number of aromatic nitrogens is 2. The molecule has 4 nitrogen and oxygen atoms in total. The van der Waals surface area contributed by atoms with E-state index < -0.39 is 0 Å². The fourth-order valence-corrected chi connectivity index (χ4v) is 1.06. The maximum atomic E-state index is 12.8. The van der Waals surface area contributed by atoms with E-state index in [0.717, 1.165) is 0 Å². The lowest BCUT2D eigenvalue weighted by Crippen LogP contribution is -1.94. The van der Waals surface area contributed by atoms with Gasteiger partial charge in [-0.3, -0.25) is 4.98 Å². The summed E-state index contributed by atoms with van der Waals surface area (Å²) in [6.45, 7) is 0. The molecule has 0 atom stereocenters. The molecule has 0 aliphatic heterocycles. The van der Waals surface area contributed by atoms with Gasteiger partial charge >= 0.3 is 0 Å². The molecule has 2 N–H and O–H groups in total. The molecule has 1 heterocycles. The third kappa shape index (κ3) is 2.40. The van der Waals surface area contributed by atoms with Crippen LogP contribution in [0.15, 0.2) is 36.7 Å². The average Bonchev–Trinajstić information content (AvgIpc) is 2.17. The predicted octanol–water partition coefficient (Wildman–Crippen LogP) is 1.99. The molecule has 0 aliphatic rings. The SMILES string of the molecule is Nc1cncc(Oc2cccc(F)c2)n1. The Balaban J connectivity index is 2.22. The van der Waals surface area contributed by atoms with Crippen LogP contribution in [0.25, 0.3) is 0 Å². The Bertz CT molecular complexity index is 432. The molecule has 5 heteroatoms. The van der Waals surface area contributed by atoms with Crippen molar-refractivity contribution in [2.75, 3.05) is 5.73 Å². The van der Waals surface area contributed by atoms with Crippen molar-refractivity contribution in [2.45, 2.75) is 0 Å². The molecule has 76 valence electrons. The van der Waals surface area contributed by atoms with E-state index in [4.69, 9.17) is 10.5 Å². The van der Waals surface area contributed by atoms with Crippen LogP contribution in [0.2, 0.25) is 0 Å². The first-order valence-electron chi connectivity index (χ1n) is 4.25. The van der Waals surface area contributed by atoms with Gasteiger partial charge in [0.2, 0.25) is 5.88 Å². The lowest BCUT2D eigenvalue weighted by molar-refractivity contribution is 0.456. The minimum atomic E-state index is -0.371. The zero-order chi connectivity index (χ0) is 10.7. The van der Waals surface area contributed by atoms with Crippen molar-refractivity contribution >= 4 is 5.82 Å². The molecular formula is C10H8FN3O. The molecule has 0 bridgehead atoms. The van der Waals surface area contributed by atoms with E-state index in [0.29, 0.717) is 5.75 Å². The highest BCUT2D eigenvalue weighted by molar-refractivity contribution is 5.30. The minimum absolute atomic E-state index is 0.237. The van der Waals surface area contributed by atoms with Crippen LogP contribution in [-0.4, -0.2) is 9.97 Å². The Hall–Kier alpha value is -2.17. The standard InChI is InChI=1S/C10H8FN3O/c11-7-2-1-3-8(4-7)15-10-6-13-5-9(12)14-10/h1-6H,(H2,12,14). The largest absolute Gasteiger partial charge is 0.437 e. The van der Waals surface area contributed by atoms with Crippen LogP contribution in [0.3, 0.4) is 0 Å². The van der Waals surface area contributed by atoms with Crippen molar-refractivity contribution in [1.82, 2.24) is 9.97 Å². The summed E-state index contributed by atoms with van der Waals surface area (Å²) in [7, 11) is 0. The Kier molecular flexibility index (Phi) is 2.45. The summed E-state index contributed by atoms with van der Waals surface area (Å²) < 4.78 is 18.1. The van der Waals surface area contributed by atoms with E-state index in [1.807, 2.05) is 0 Å². The van der Waals surface area contributed by atoms with Crippen molar-refractivity contribution in [2.24, 2.45) is 0 Å². The number of nitrogen functional groups attached to an aromatic ring is 1. The van der Waals surface area contributed by atoms with Gasteiger partial charge in [0.15, 0.2) is 0 Å². The number of nitrogens with two attached hydrogens (primary N) is 1. The second-order valence-corrected chi connectivity index (χ2v) is 2.84. The first kappa shape index (κ1) is 9.39. The fraction of sp³-hybridized carbons (Fsp3) is 0. The molecule has 0 fully saturated rings. The first-order valence-corrected chi connectivity index (χ1v) is 4.25. The number of rotatable bonds is 2. The normalized spacial score (nSPS) is 9.93. The van der Waals surface area contributed by atoms with Gasteiger partial charge in [0.05, 0.1) is 12.4 Å². The third-order valence-electron chi connectivity index (χ3n) is 1.65. The average molecular weight is 205 g/mol. The summed E-state index contributed by atoms with van der Waals surface area (Å²) in [5.41, 5.74) is 5.41. The van der Waals surface area contributed by atoms with Gasteiger partial charge in [0.25, 0.3) is 0 Å². The molecule has 0 saturated heterocycles. The summed E-state index contributed by atoms with van der Waals surface area (Å²) in [4.78, 5) is 7.67. The molecule has 0 amide bonds. The van der Waals surface area contributed by atoms with E-state index in [1.54, 1.807) is 12.1 Å². The molecule has 1 aromatic carbocycles. The van der Waals surface area contributed by atoms with E-state index >= 15 is 0 Å². The van der Waals surface area contributed by atoms with Crippen LogP contribution < -0.4 is 10.5 Å². The fourth-order valence-electron chi connectivity index (χ4n) is 1.06. The highest BCUT2D eigenvalue weighted by Crippen LogP contribution is 2.19. The Morgan fingerprint density at radius 1 is 1.27 bits per heavy atom. The molecule has 0 unspecified atom stereocenters. The maximum absolute atomic E-state index is 12.8. The minimum Gasteiger partial charge on any atom is -0.437 e. The number of hydrogen-bond donors (Lipinski definition) is 1. The molecule has 0 saturated carbocycles. The van der Waals surface area contributed by atoms with Gasteiger partial charge in [-0.05, 0) is 12.1 Å². The number of benzene rings is 1. The lowest BCUT2D eigenvalue weighted by Gasteiger charge is -2.03. The molecule has 0 aliphatic carbocycles. The monoisotopic (exact) mass is 205 g/mol. The molecule has 15 heavy (non-hydrogen) atoms. The molecule has 2 aromatic rings. The maximum Gasteiger partial charge on any atom is 0.239 e. The zero-order valence-corrected chi connectivity index (χ0v) is 7.72. The number of nitrogens with zero attached hydrogens (tertiary/aromatic N) is 2. The van der Waals surface area contributed by atoms with Crippen LogP contribution in [0.5, 0.6) is 11.6 Å². The third-order valence-corrected chi connectivity index (χ3v) is 1.65. The second-order valence-electron chi connectivity index (χ2n) is 2.84. The lowest BCUT2D eigenvalue weighted by atomic mass is 10.3. The number of anilines is 1. The summed E-state index contributed by atoms with van der Waals surface area (Å²) >= 11 is 0. The highest BCUT2D eigenvalue weighted by atomic mass is 19.1. The van der Waals surface area contributed by atoms with E-state index in [9.17, 15) is 4.39 Å². The molecule has 2 rings (SSSR count). The Morgan fingerprint density at radius 3 is 2.87 bits per heavy atom. The molecule has 0 spiro atoms. The topological polar surface area (TPSA) is 61.0 Å². The summed E-state index contributed by atoms with van der Waals surface area (Å²) in [5.74, 6) is 0.476. The van der Waals surface area contributed by atoms with Crippen LogP contribution >= 0.6 is 0 Å². The number of hydrogen-bond acceptors (Lipinski definition) is 4. The second kappa shape index (κ2) is 3.91.